The van der Waals surface area contributed by atoms with Crippen molar-refractivity contribution in [1.29, 1.82) is 0 Å². The van der Waals surface area contributed by atoms with E-state index < -0.39 is 6.10 Å². The highest BCUT2D eigenvalue weighted by molar-refractivity contribution is 5.24. The Labute approximate surface area is 113 Å². The minimum Gasteiger partial charge on any atom is -0.387 e. The van der Waals surface area contributed by atoms with Gasteiger partial charge in [-0.3, -0.25) is 0 Å². The molecular formula is C15H20N2O2. The lowest BCUT2D eigenvalue weighted by atomic mass is 10.1. The Morgan fingerprint density at radius 1 is 1.32 bits per heavy atom. The minimum atomic E-state index is -0.500. The molecular weight excluding hydrogens is 240 g/mol. The van der Waals surface area contributed by atoms with E-state index >= 15 is 0 Å². The quantitative estimate of drug-likeness (QED) is 0.867. The van der Waals surface area contributed by atoms with Gasteiger partial charge in [-0.15, -0.1) is 0 Å². The van der Waals surface area contributed by atoms with Gasteiger partial charge in [-0.25, -0.2) is 0 Å². The number of rotatable bonds is 5. The third kappa shape index (κ3) is 3.43. The Morgan fingerprint density at radius 2 is 2.11 bits per heavy atom. The van der Waals surface area contributed by atoms with Crippen LogP contribution in [0, 0.1) is 20.8 Å². The Morgan fingerprint density at radius 3 is 2.74 bits per heavy atom. The van der Waals surface area contributed by atoms with Gasteiger partial charge in [0.05, 0.1) is 11.8 Å². The number of hydrogen-bond donors (Lipinski definition) is 2. The van der Waals surface area contributed by atoms with Crippen molar-refractivity contribution in [2.24, 2.45) is 0 Å². The van der Waals surface area contributed by atoms with Gasteiger partial charge in [-0.2, -0.15) is 0 Å². The van der Waals surface area contributed by atoms with E-state index in [2.05, 4.69) is 10.5 Å². The molecule has 102 valence electrons. The summed E-state index contributed by atoms with van der Waals surface area (Å²) in [6.07, 6.45) is -0.500. The summed E-state index contributed by atoms with van der Waals surface area (Å²) in [6.45, 7) is 7.00. The van der Waals surface area contributed by atoms with Crippen molar-refractivity contribution >= 4 is 0 Å². The molecule has 1 unspecified atom stereocenters. The summed E-state index contributed by atoms with van der Waals surface area (Å²) in [5, 5.41) is 17.3. The Hall–Kier alpha value is -1.65. The van der Waals surface area contributed by atoms with Gasteiger partial charge in [0.15, 0.2) is 0 Å². The number of aliphatic hydroxyl groups excluding tert-OH is 1. The fourth-order valence-electron chi connectivity index (χ4n) is 2.08. The van der Waals surface area contributed by atoms with Gasteiger partial charge in [-0.1, -0.05) is 35.0 Å². The van der Waals surface area contributed by atoms with E-state index in [9.17, 15) is 5.11 Å². The van der Waals surface area contributed by atoms with Gasteiger partial charge in [0.2, 0.25) is 0 Å². The van der Waals surface area contributed by atoms with Crippen LogP contribution < -0.4 is 5.32 Å². The first-order valence-corrected chi connectivity index (χ1v) is 6.45. The number of hydrogen-bond acceptors (Lipinski definition) is 4. The number of aromatic nitrogens is 1. The van der Waals surface area contributed by atoms with Gasteiger partial charge in [0, 0.05) is 18.7 Å². The van der Waals surface area contributed by atoms with E-state index in [4.69, 9.17) is 4.52 Å². The molecule has 1 aromatic heterocycles. The molecule has 0 saturated heterocycles. The average molecular weight is 260 g/mol. The Kier molecular flexibility index (Phi) is 4.35. The second-order valence-corrected chi connectivity index (χ2v) is 4.86. The second-order valence-electron chi connectivity index (χ2n) is 4.86. The van der Waals surface area contributed by atoms with E-state index in [1.54, 1.807) is 0 Å². The maximum Gasteiger partial charge on any atom is 0.138 e. The SMILES string of the molecule is Cc1cccc(C(O)CNCc2c(C)noc2C)c1. The van der Waals surface area contributed by atoms with E-state index in [1.807, 2.05) is 45.0 Å². The molecule has 0 bridgehead atoms. The van der Waals surface area contributed by atoms with Crippen molar-refractivity contribution in [2.75, 3.05) is 6.54 Å². The largest absolute Gasteiger partial charge is 0.387 e. The van der Waals surface area contributed by atoms with Gasteiger partial charge in [-0.05, 0) is 26.3 Å². The van der Waals surface area contributed by atoms with Crippen molar-refractivity contribution in [3.63, 3.8) is 0 Å². The highest BCUT2D eigenvalue weighted by Crippen LogP contribution is 2.15. The molecule has 0 saturated carbocycles. The van der Waals surface area contributed by atoms with Crippen LogP contribution in [0.4, 0.5) is 0 Å². The van der Waals surface area contributed by atoms with Crippen LogP contribution in [-0.4, -0.2) is 16.8 Å². The van der Waals surface area contributed by atoms with Crippen molar-refractivity contribution in [3.8, 4) is 0 Å². The van der Waals surface area contributed by atoms with Crippen LogP contribution >= 0.6 is 0 Å². The Balaban J connectivity index is 1.89. The number of nitrogens with one attached hydrogen (secondary N) is 1. The van der Waals surface area contributed by atoms with Crippen LogP contribution in [-0.2, 0) is 6.54 Å². The molecule has 2 N–H and O–H groups in total. The molecule has 19 heavy (non-hydrogen) atoms. The predicted molar refractivity (Wildman–Crippen MR) is 73.8 cm³/mol. The molecule has 0 fully saturated rings. The normalized spacial score (nSPS) is 12.6. The lowest BCUT2D eigenvalue weighted by Crippen LogP contribution is -2.21. The molecule has 2 aromatic rings. The molecule has 2 rings (SSSR count). The lowest BCUT2D eigenvalue weighted by Gasteiger charge is -2.12. The summed E-state index contributed by atoms with van der Waals surface area (Å²) in [5.41, 5.74) is 4.06. The molecule has 0 amide bonds. The van der Waals surface area contributed by atoms with E-state index in [-0.39, 0.29) is 0 Å². The van der Waals surface area contributed by atoms with E-state index in [0.717, 1.165) is 28.1 Å². The first kappa shape index (κ1) is 13.8. The molecule has 4 heteroatoms. The molecule has 0 radical (unpaired) electrons. The topological polar surface area (TPSA) is 58.3 Å². The second kappa shape index (κ2) is 5.99. The van der Waals surface area contributed by atoms with Gasteiger partial charge < -0.3 is 14.9 Å². The zero-order chi connectivity index (χ0) is 13.8. The summed E-state index contributed by atoms with van der Waals surface area (Å²) < 4.78 is 5.10. The third-order valence-electron chi connectivity index (χ3n) is 3.25. The molecule has 0 aliphatic rings. The number of aliphatic hydroxyl groups is 1. The molecule has 0 spiro atoms. The third-order valence-corrected chi connectivity index (χ3v) is 3.25. The summed E-state index contributed by atoms with van der Waals surface area (Å²) in [6, 6.07) is 7.92. The van der Waals surface area contributed by atoms with Crippen LogP contribution in [0.15, 0.2) is 28.8 Å². The number of aryl methyl sites for hydroxylation is 3. The molecule has 4 nitrogen and oxygen atoms in total. The minimum absolute atomic E-state index is 0.500. The standard InChI is InChI=1S/C15H20N2O2/c1-10-5-4-6-13(7-10)15(18)9-16-8-14-11(2)17-19-12(14)3/h4-7,15-16,18H,8-9H2,1-3H3. The molecule has 1 atom stereocenters. The average Bonchev–Trinajstić information content (AvgIpc) is 2.70. The van der Waals surface area contributed by atoms with Crippen LogP contribution in [0.3, 0.4) is 0 Å². The van der Waals surface area contributed by atoms with Gasteiger partial charge >= 0.3 is 0 Å². The van der Waals surface area contributed by atoms with Crippen molar-refractivity contribution in [1.82, 2.24) is 10.5 Å². The zero-order valence-electron chi connectivity index (χ0n) is 11.6. The number of nitrogens with zero attached hydrogens (tertiary/aromatic N) is 1. The van der Waals surface area contributed by atoms with Crippen LogP contribution in [0.1, 0.15) is 34.2 Å². The lowest BCUT2D eigenvalue weighted by molar-refractivity contribution is 0.174. The molecule has 1 aromatic carbocycles. The van der Waals surface area contributed by atoms with Crippen LogP contribution in [0.2, 0.25) is 0 Å². The highest BCUT2D eigenvalue weighted by Gasteiger charge is 2.10. The fraction of sp³-hybridized carbons (Fsp3) is 0.400. The summed E-state index contributed by atoms with van der Waals surface area (Å²) in [4.78, 5) is 0. The molecule has 0 aliphatic carbocycles. The maximum atomic E-state index is 10.1. The van der Waals surface area contributed by atoms with E-state index in [0.29, 0.717) is 13.1 Å². The van der Waals surface area contributed by atoms with Gasteiger partial charge in [0.1, 0.15) is 5.76 Å². The monoisotopic (exact) mass is 260 g/mol. The molecule has 1 heterocycles. The maximum absolute atomic E-state index is 10.1. The van der Waals surface area contributed by atoms with Crippen molar-refractivity contribution < 1.29 is 9.63 Å². The summed E-state index contributed by atoms with van der Waals surface area (Å²) in [7, 11) is 0. The summed E-state index contributed by atoms with van der Waals surface area (Å²) >= 11 is 0. The van der Waals surface area contributed by atoms with Crippen LogP contribution in [0.5, 0.6) is 0 Å². The smallest absolute Gasteiger partial charge is 0.138 e. The fourth-order valence-corrected chi connectivity index (χ4v) is 2.08. The first-order valence-electron chi connectivity index (χ1n) is 6.45. The number of benzene rings is 1. The first-order chi connectivity index (χ1) is 9.08. The van der Waals surface area contributed by atoms with Crippen molar-refractivity contribution in [3.05, 3.63) is 52.4 Å². The van der Waals surface area contributed by atoms with E-state index in [1.165, 1.54) is 0 Å². The zero-order valence-corrected chi connectivity index (χ0v) is 11.6. The summed E-state index contributed by atoms with van der Waals surface area (Å²) in [5.74, 6) is 0.829. The predicted octanol–water partition coefficient (Wildman–Crippen LogP) is 2.42. The molecule has 0 aliphatic heterocycles. The highest BCUT2D eigenvalue weighted by atomic mass is 16.5. The van der Waals surface area contributed by atoms with Crippen LogP contribution in [0.25, 0.3) is 0 Å². The Bertz CT molecular complexity index is 529. The van der Waals surface area contributed by atoms with Gasteiger partial charge in [0.25, 0.3) is 0 Å². The van der Waals surface area contributed by atoms with Crippen molar-refractivity contribution in [2.45, 2.75) is 33.4 Å².